The lowest BCUT2D eigenvalue weighted by atomic mass is 10.0. The number of fused-ring (bicyclic) bond motifs is 1. The van der Waals surface area contributed by atoms with Gasteiger partial charge in [-0.1, -0.05) is 19.9 Å². The molecule has 0 atom stereocenters. The Morgan fingerprint density at radius 1 is 1.29 bits per heavy atom. The number of benzene rings is 1. The second-order valence-corrected chi connectivity index (χ2v) is 3.79. The Balaban J connectivity index is 0.000000461. The third-order valence-corrected chi connectivity index (χ3v) is 2.03. The van der Waals surface area contributed by atoms with Crippen molar-refractivity contribution in [3.63, 3.8) is 0 Å². The minimum atomic E-state index is -0.230. The SMILES string of the molecule is CC.CC1(C)Cc2ccc(F)cc2O1. The van der Waals surface area contributed by atoms with Gasteiger partial charge < -0.3 is 4.74 Å². The summed E-state index contributed by atoms with van der Waals surface area (Å²) in [4.78, 5) is 0. The van der Waals surface area contributed by atoms with Gasteiger partial charge >= 0.3 is 0 Å². The third-order valence-electron chi connectivity index (χ3n) is 2.03. The molecule has 0 radical (unpaired) electrons. The Hall–Kier alpha value is -1.05. The van der Waals surface area contributed by atoms with E-state index in [-0.39, 0.29) is 11.4 Å². The molecule has 0 aliphatic carbocycles. The van der Waals surface area contributed by atoms with Crippen LogP contribution in [0.1, 0.15) is 33.3 Å². The zero-order chi connectivity index (χ0) is 10.8. The molecule has 0 aromatic heterocycles. The average Bonchev–Trinajstić information content (AvgIpc) is 2.41. The molecule has 78 valence electrons. The Kier molecular flexibility index (Phi) is 3.14. The lowest BCUT2D eigenvalue weighted by Crippen LogP contribution is -2.24. The topological polar surface area (TPSA) is 9.23 Å². The van der Waals surface area contributed by atoms with Crippen LogP contribution in [0.15, 0.2) is 18.2 Å². The Labute approximate surface area is 84.9 Å². The van der Waals surface area contributed by atoms with E-state index in [4.69, 9.17) is 4.74 Å². The first kappa shape index (κ1) is 11.0. The molecule has 2 rings (SSSR count). The molecule has 0 saturated heterocycles. The highest BCUT2D eigenvalue weighted by atomic mass is 19.1. The summed E-state index contributed by atoms with van der Waals surface area (Å²) >= 11 is 0. The van der Waals surface area contributed by atoms with E-state index < -0.39 is 0 Å². The number of hydrogen-bond donors (Lipinski definition) is 0. The van der Waals surface area contributed by atoms with Gasteiger partial charge in [0.25, 0.3) is 0 Å². The van der Waals surface area contributed by atoms with E-state index in [1.165, 1.54) is 12.1 Å². The molecule has 0 fully saturated rings. The van der Waals surface area contributed by atoms with Gasteiger partial charge in [0, 0.05) is 12.5 Å². The molecule has 2 heteroatoms. The maximum absolute atomic E-state index is 12.7. The first-order valence-electron chi connectivity index (χ1n) is 5.04. The van der Waals surface area contributed by atoms with E-state index >= 15 is 0 Å². The first-order chi connectivity index (χ1) is 6.57. The summed E-state index contributed by atoms with van der Waals surface area (Å²) in [5.41, 5.74) is 0.928. The van der Waals surface area contributed by atoms with E-state index in [1.54, 1.807) is 6.07 Å². The molecule has 0 spiro atoms. The Bertz CT molecular complexity index is 318. The van der Waals surface area contributed by atoms with Gasteiger partial charge in [0.15, 0.2) is 0 Å². The molecule has 0 unspecified atom stereocenters. The number of hydrogen-bond acceptors (Lipinski definition) is 1. The van der Waals surface area contributed by atoms with Gasteiger partial charge in [-0.25, -0.2) is 4.39 Å². The molecule has 0 bridgehead atoms. The second-order valence-electron chi connectivity index (χ2n) is 3.79. The van der Waals surface area contributed by atoms with Crippen LogP contribution in [0.2, 0.25) is 0 Å². The lowest BCUT2D eigenvalue weighted by molar-refractivity contribution is 0.138. The lowest BCUT2D eigenvalue weighted by Gasteiger charge is -2.16. The molecule has 0 amide bonds. The van der Waals surface area contributed by atoms with Crippen LogP contribution in [0.4, 0.5) is 4.39 Å². The molecule has 1 aromatic carbocycles. The van der Waals surface area contributed by atoms with Gasteiger partial charge in [-0.05, 0) is 25.5 Å². The fourth-order valence-corrected chi connectivity index (χ4v) is 1.56. The van der Waals surface area contributed by atoms with E-state index in [9.17, 15) is 4.39 Å². The van der Waals surface area contributed by atoms with Crippen molar-refractivity contribution in [3.05, 3.63) is 29.6 Å². The van der Waals surface area contributed by atoms with E-state index in [0.29, 0.717) is 5.75 Å². The minimum absolute atomic E-state index is 0.171. The van der Waals surface area contributed by atoms with E-state index in [2.05, 4.69) is 0 Å². The third kappa shape index (κ3) is 2.25. The molecule has 14 heavy (non-hydrogen) atoms. The Morgan fingerprint density at radius 2 is 1.93 bits per heavy atom. The van der Waals surface area contributed by atoms with Crippen LogP contribution in [-0.2, 0) is 6.42 Å². The van der Waals surface area contributed by atoms with Gasteiger partial charge in [0.05, 0.1) is 0 Å². The maximum Gasteiger partial charge on any atom is 0.126 e. The van der Waals surface area contributed by atoms with Crippen molar-refractivity contribution in [1.29, 1.82) is 0 Å². The first-order valence-corrected chi connectivity index (χ1v) is 5.04. The molecular weight excluding hydrogens is 179 g/mol. The number of ether oxygens (including phenoxy) is 1. The van der Waals surface area contributed by atoms with E-state index in [0.717, 1.165) is 12.0 Å². The van der Waals surface area contributed by atoms with Gasteiger partial charge in [-0.3, -0.25) is 0 Å². The van der Waals surface area contributed by atoms with Gasteiger partial charge in [-0.2, -0.15) is 0 Å². The van der Waals surface area contributed by atoms with Crippen LogP contribution >= 0.6 is 0 Å². The van der Waals surface area contributed by atoms with Crippen LogP contribution < -0.4 is 4.74 Å². The van der Waals surface area contributed by atoms with Crippen molar-refractivity contribution in [1.82, 2.24) is 0 Å². The predicted octanol–water partition coefficient (Wildman–Crippen LogP) is 3.57. The summed E-state index contributed by atoms with van der Waals surface area (Å²) in [6, 6.07) is 4.72. The monoisotopic (exact) mass is 196 g/mol. The summed E-state index contributed by atoms with van der Waals surface area (Å²) in [6.45, 7) is 8.01. The van der Waals surface area contributed by atoms with Crippen LogP contribution in [0.5, 0.6) is 5.75 Å². The highest BCUT2D eigenvalue weighted by Crippen LogP contribution is 2.34. The zero-order valence-corrected chi connectivity index (χ0v) is 9.23. The van der Waals surface area contributed by atoms with Crippen molar-refractivity contribution < 1.29 is 9.13 Å². The largest absolute Gasteiger partial charge is 0.487 e. The standard InChI is InChI=1S/C10H11FO.C2H6/c1-10(2)6-7-3-4-8(11)5-9(7)12-10;1-2/h3-5H,6H2,1-2H3;1-2H3. The molecule has 1 aromatic rings. The fourth-order valence-electron chi connectivity index (χ4n) is 1.56. The summed E-state index contributed by atoms with van der Waals surface area (Å²) in [5, 5.41) is 0. The highest BCUT2D eigenvalue weighted by Gasteiger charge is 2.29. The maximum atomic E-state index is 12.7. The van der Waals surface area contributed by atoms with Crippen LogP contribution in [-0.4, -0.2) is 5.60 Å². The average molecular weight is 196 g/mol. The van der Waals surface area contributed by atoms with Crippen LogP contribution in [0.25, 0.3) is 0 Å². The van der Waals surface area contributed by atoms with Gasteiger partial charge in [0.1, 0.15) is 17.2 Å². The summed E-state index contributed by atoms with van der Waals surface area (Å²) in [5.74, 6) is 0.464. The van der Waals surface area contributed by atoms with E-state index in [1.807, 2.05) is 27.7 Å². The summed E-state index contributed by atoms with van der Waals surface area (Å²) < 4.78 is 18.3. The molecule has 1 nitrogen and oxygen atoms in total. The molecule has 0 N–H and O–H groups in total. The number of rotatable bonds is 0. The smallest absolute Gasteiger partial charge is 0.126 e. The van der Waals surface area contributed by atoms with Crippen molar-refractivity contribution in [3.8, 4) is 5.75 Å². The van der Waals surface area contributed by atoms with Crippen molar-refractivity contribution >= 4 is 0 Å². The van der Waals surface area contributed by atoms with Gasteiger partial charge in [0.2, 0.25) is 0 Å². The normalized spacial score (nSPS) is 16.4. The van der Waals surface area contributed by atoms with Crippen LogP contribution in [0.3, 0.4) is 0 Å². The molecule has 1 aliphatic rings. The van der Waals surface area contributed by atoms with Crippen molar-refractivity contribution in [2.75, 3.05) is 0 Å². The quantitative estimate of drug-likeness (QED) is 0.616. The van der Waals surface area contributed by atoms with Crippen molar-refractivity contribution in [2.24, 2.45) is 0 Å². The van der Waals surface area contributed by atoms with Crippen LogP contribution in [0, 0.1) is 5.82 Å². The molecule has 1 aliphatic heterocycles. The second kappa shape index (κ2) is 3.99. The molecular formula is C12H17FO. The predicted molar refractivity (Wildman–Crippen MR) is 56.2 cm³/mol. The highest BCUT2D eigenvalue weighted by molar-refractivity contribution is 5.39. The summed E-state index contributed by atoms with van der Waals surface area (Å²) in [7, 11) is 0. The zero-order valence-electron chi connectivity index (χ0n) is 9.23. The number of halogens is 1. The molecule has 1 heterocycles. The van der Waals surface area contributed by atoms with Crippen molar-refractivity contribution in [2.45, 2.75) is 39.7 Å². The minimum Gasteiger partial charge on any atom is -0.487 e. The fraction of sp³-hybridized carbons (Fsp3) is 0.500. The Morgan fingerprint density at radius 3 is 2.57 bits per heavy atom. The molecule has 0 saturated carbocycles. The van der Waals surface area contributed by atoms with Gasteiger partial charge in [-0.15, -0.1) is 0 Å². The summed E-state index contributed by atoms with van der Waals surface area (Å²) in [6.07, 6.45) is 0.864.